The molecule has 4 rings (SSSR count). The minimum absolute atomic E-state index is 0.427. The third kappa shape index (κ3) is 2.99. The Balaban J connectivity index is 0.000000131. The molecule has 2 aromatic carbocycles. The first kappa shape index (κ1) is 13.5. The van der Waals surface area contributed by atoms with Crippen molar-refractivity contribution in [2.24, 2.45) is 0 Å². The molecule has 0 spiro atoms. The molecule has 0 aliphatic carbocycles. The van der Waals surface area contributed by atoms with E-state index in [0.29, 0.717) is 5.59 Å². The predicted molar refractivity (Wildman–Crippen MR) is 86.4 cm³/mol. The van der Waals surface area contributed by atoms with Crippen molar-refractivity contribution in [3.05, 3.63) is 66.9 Å². The molecule has 0 aliphatic rings. The summed E-state index contributed by atoms with van der Waals surface area (Å²) in [6.07, 6.45) is 1.95. The normalized spacial score (nSPS) is 10.4. The second kappa shape index (κ2) is 5.87. The first-order chi connectivity index (χ1) is 10.2. The fourth-order valence-corrected chi connectivity index (χ4v) is 2.23. The molecular formula is C16H15BN2O2. The number of aromatic amines is 2. The minimum atomic E-state index is -1.42. The van der Waals surface area contributed by atoms with Crippen molar-refractivity contribution >= 4 is 34.5 Å². The molecule has 104 valence electrons. The monoisotopic (exact) mass is 278 g/mol. The van der Waals surface area contributed by atoms with E-state index in [2.05, 4.69) is 28.2 Å². The third-order valence-electron chi connectivity index (χ3n) is 3.29. The lowest BCUT2D eigenvalue weighted by Gasteiger charge is -1.89. The standard InChI is InChI=1S/C8H8BNO2.C8H7N/c11-9(12)8-5-6-3-1-2-4-7(6)10-8;1-2-4-8-7(3-1)5-6-9-8/h1-5,10-12H;1-6,9H. The third-order valence-corrected chi connectivity index (χ3v) is 3.29. The van der Waals surface area contributed by atoms with Crippen molar-refractivity contribution in [3.8, 4) is 0 Å². The summed E-state index contributed by atoms with van der Waals surface area (Å²) in [7, 11) is -1.42. The van der Waals surface area contributed by atoms with Gasteiger partial charge in [-0.05, 0) is 35.0 Å². The van der Waals surface area contributed by atoms with Gasteiger partial charge < -0.3 is 20.0 Å². The molecule has 0 saturated heterocycles. The summed E-state index contributed by atoms with van der Waals surface area (Å²) >= 11 is 0. The molecule has 0 radical (unpaired) electrons. The maximum atomic E-state index is 8.85. The number of hydrogen-bond acceptors (Lipinski definition) is 2. The number of benzene rings is 2. The highest BCUT2D eigenvalue weighted by molar-refractivity contribution is 6.58. The lowest BCUT2D eigenvalue weighted by Crippen LogP contribution is -2.30. The zero-order valence-electron chi connectivity index (χ0n) is 11.3. The van der Waals surface area contributed by atoms with Crippen LogP contribution in [0.15, 0.2) is 66.9 Å². The highest BCUT2D eigenvalue weighted by Gasteiger charge is 2.12. The molecule has 0 bridgehead atoms. The molecule has 21 heavy (non-hydrogen) atoms. The molecule has 0 fully saturated rings. The molecule has 0 aliphatic heterocycles. The van der Waals surface area contributed by atoms with Gasteiger partial charge in [0.15, 0.2) is 0 Å². The van der Waals surface area contributed by atoms with Crippen molar-refractivity contribution in [2.45, 2.75) is 0 Å². The van der Waals surface area contributed by atoms with E-state index < -0.39 is 7.12 Å². The van der Waals surface area contributed by atoms with E-state index in [1.165, 1.54) is 10.9 Å². The Morgan fingerprint density at radius 1 is 0.762 bits per heavy atom. The van der Waals surface area contributed by atoms with Gasteiger partial charge in [-0.1, -0.05) is 36.4 Å². The van der Waals surface area contributed by atoms with Gasteiger partial charge in [-0.3, -0.25) is 0 Å². The fraction of sp³-hybridized carbons (Fsp3) is 0. The zero-order chi connectivity index (χ0) is 14.7. The Morgan fingerprint density at radius 2 is 1.43 bits per heavy atom. The van der Waals surface area contributed by atoms with Gasteiger partial charge >= 0.3 is 7.12 Å². The average Bonchev–Trinajstić information content (AvgIpc) is 3.14. The predicted octanol–water partition coefficient (Wildman–Crippen LogP) is 2.02. The maximum absolute atomic E-state index is 8.85. The summed E-state index contributed by atoms with van der Waals surface area (Å²) in [5, 5.41) is 20.0. The number of nitrogens with one attached hydrogen (secondary N) is 2. The van der Waals surface area contributed by atoms with Crippen LogP contribution < -0.4 is 5.59 Å². The molecule has 4 aromatic rings. The molecule has 0 unspecified atom stereocenters. The van der Waals surface area contributed by atoms with Gasteiger partial charge in [-0.15, -0.1) is 0 Å². The van der Waals surface area contributed by atoms with E-state index in [-0.39, 0.29) is 0 Å². The van der Waals surface area contributed by atoms with Crippen LogP contribution in [0.1, 0.15) is 0 Å². The van der Waals surface area contributed by atoms with Crippen molar-refractivity contribution in [1.29, 1.82) is 0 Å². The van der Waals surface area contributed by atoms with Gasteiger partial charge in [0.05, 0.1) is 0 Å². The highest BCUT2D eigenvalue weighted by atomic mass is 16.4. The van der Waals surface area contributed by atoms with E-state index in [1.807, 2.05) is 42.6 Å². The number of aromatic nitrogens is 2. The summed E-state index contributed by atoms with van der Waals surface area (Å²) in [5.41, 5.74) is 2.55. The zero-order valence-corrected chi connectivity index (χ0v) is 11.3. The van der Waals surface area contributed by atoms with Crippen LogP contribution in [0.5, 0.6) is 0 Å². The van der Waals surface area contributed by atoms with E-state index in [0.717, 1.165) is 10.9 Å². The second-order valence-electron chi connectivity index (χ2n) is 4.75. The highest BCUT2D eigenvalue weighted by Crippen LogP contribution is 2.09. The average molecular weight is 278 g/mol. The van der Waals surface area contributed by atoms with Crippen molar-refractivity contribution in [2.75, 3.05) is 0 Å². The minimum Gasteiger partial charge on any atom is -0.422 e. The first-order valence-electron chi connectivity index (χ1n) is 6.70. The SMILES string of the molecule is OB(O)c1cc2ccccc2[nH]1.c1ccc2[nH]ccc2c1. The van der Waals surface area contributed by atoms with Crippen LogP contribution in [0.25, 0.3) is 21.8 Å². The molecule has 2 heterocycles. The van der Waals surface area contributed by atoms with Gasteiger partial charge in [0.1, 0.15) is 0 Å². The van der Waals surface area contributed by atoms with Crippen molar-refractivity contribution in [3.63, 3.8) is 0 Å². The van der Waals surface area contributed by atoms with Gasteiger partial charge in [0, 0.05) is 22.8 Å². The van der Waals surface area contributed by atoms with Crippen molar-refractivity contribution < 1.29 is 10.0 Å². The van der Waals surface area contributed by atoms with E-state index in [4.69, 9.17) is 10.0 Å². The van der Waals surface area contributed by atoms with Crippen molar-refractivity contribution in [1.82, 2.24) is 9.97 Å². The molecule has 0 amide bonds. The van der Waals surface area contributed by atoms with E-state index in [1.54, 1.807) is 6.07 Å². The van der Waals surface area contributed by atoms with Gasteiger partial charge in [-0.2, -0.15) is 0 Å². The van der Waals surface area contributed by atoms with Crippen LogP contribution in [0.2, 0.25) is 0 Å². The summed E-state index contributed by atoms with van der Waals surface area (Å²) in [6.45, 7) is 0. The van der Waals surface area contributed by atoms with Gasteiger partial charge in [0.2, 0.25) is 0 Å². The number of fused-ring (bicyclic) bond motifs is 2. The summed E-state index contributed by atoms with van der Waals surface area (Å²) in [4.78, 5) is 6.01. The topological polar surface area (TPSA) is 72.0 Å². The quantitative estimate of drug-likeness (QED) is 0.402. The number of para-hydroxylation sites is 2. The van der Waals surface area contributed by atoms with Crippen LogP contribution in [0, 0.1) is 0 Å². The lowest BCUT2D eigenvalue weighted by molar-refractivity contribution is 0.424. The van der Waals surface area contributed by atoms with Crippen LogP contribution in [0.3, 0.4) is 0 Å². The Labute approximate surface area is 122 Å². The van der Waals surface area contributed by atoms with Crippen LogP contribution in [-0.2, 0) is 0 Å². The Hall–Kier alpha value is -2.50. The summed E-state index contributed by atoms with van der Waals surface area (Å²) < 4.78 is 0. The van der Waals surface area contributed by atoms with Crippen LogP contribution in [-0.4, -0.2) is 27.1 Å². The maximum Gasteiger partial charge on any atom is 0.505 e. The van der Waals surface area contributed by atoms with Gasteiger partial charge in [-0.25, -0.2) is 0 Å². The smallest absolute Gasteiger partial charge is 0.422 e. The Morgan fingerprint density at radius 3 is 2.10 bits per heavy atom. The molecule has 0 saturated carbocycles. The first-order valence-corrected chi connectivity index (χ1v) is 6.70. The Kier molecular flexibility index (Phi) is 3.77. The van der Waals surface area contributed by atoms with E-state index >= 15 is 0 Å². The molecule has 4 nitrogen and oxygen atoms in total. The summed E-state index contributed by atoms with van der Waals surface area (Å²) in [6, 6.07) is 19.6. The molecule has 0 atom stereocenters. The fourth-order valence-electron chi connectivity index (χ4n) is 2.23. The van der Waals surface area contributed by atoms with Gasteiger partial charge in [0.25, 0.3) is 0 Å². The van der Waals surface area contributed by atoms with Crippen LogP contribution in [0.4, 0.5) is 0 Å². The number of rotatable bonds is 1. The number of H-pyrrole nitrogens is 2. The molecule has 4 N–H and O–H groups in total. The summed E-state index contributed by atoms with van der Waals surface area (Å²) in [5.74, 6) is 0. The molecule has 2 aromatic heterocycles. The largest absolute Gasteiger partial charge is 0.505 e. The number of hydrogen-bond donors (Lipinski definition) is 4. The van der Waals surface area contributed by atoms with E-state index in [9.17, 15) is 0 Å². The van der Waals surface area contributed by atoms with Crippen LogP contribution >= 0.6 is 0 Å². The molecular weight excluding hydrogens is 263 g/mol. The molecule has 5 heteroatoms. The Bertz CT molecular complexity index is 788. The second-order valence-corrected chi connectivity index (χ2v) is 4.75. The lowest BCUT2D eigenvalue weighted by atomic mass is 9.87.